The van der Waals surface area contributed by atoms with E-state index in [1.807, 2.05) is 30.3 Å². The van der Waals surface area contributed by atoms with E-state index in [4.69, 9.17) is 4.74 Å². The number of rotatable bonds is 3. The number of benzene rings is 1. The average Bonchev–Trinajstić information content (AvgIpc) is 2.62. The van der Waals surface area contributed by atoms with Crippen LogP contribution in [0, 0.1) is 0 Å². The van der Waals surface area contributed by atoms with Gasteiger partial charge in [0.15, 0.2) is 0 Å². The highest BCUT2D eigenvalue weighted by atomic mass is 16.5. The minimum Gasteiger partial charge on any atom is -0.378 e. The highest BCUT2D eigenvalue weighted by Crippen LogP contribution is 2.15. The smallest absolute Gasteiger partial charge is 0.261 e. The van der Waals surface area contributed by atoms with Crippen molar-refractivity contribution in [2.75, 3.05) is 43.2 Å². The fourth-order valence-electron chi connectivity index (χ4n) is 2.32. The molecule has 0 aliphatic carbocycles. The van der Waals surface area contributed by atoms with Crippen LogP contribution >= 0.6 is 0 Å². The molecule has 1 aliphatic rings. The number of amides is 1. The van der Waals surface area contributed by atoms with Gasteiger partial charge in [0, 0.05) is 38.2 Å². The molecule has 1 fully saturated rings. The fourth-order valence-corrected chi connectivity index (χ4v) is 2.32. The Morgan fingerprint density at radius 3 is 2.41 bits per heavy atom. The predicted octanol–water partition coefficient (Wildman–Crippen LogP) is 1.59. The molecule has 22 heavy (non-hydrogen) atoms. The van der Waals surface area contributed by atoms with Crippen LogP contribution in [0.25, 0.3) is 0 Å². The molecule has 0 spiro atoms. The van der Waals surface area contributed by atoms with E-state index in [2.05, 4.69) is 14.9 Å². The number of carbonyl (C=O) groups excluding carboxylic acids is 1. The molecule has 1 saturated heterocycles. The summed E-state index contributed by atoms with van der Waals surface area (Å²) >= 11 is 0. The molecular weight excluding hydrogens is 280 g/mol. The molecule has 0 atom stereocenters. The van der Waals surface area contributed by atoms with Crippen molar-refractivity contribution in [1.82, 2.24) is 9.97 Å². The van der Waals surface area contributed by atoms with Gasteiger partial charge in [-0.1, -0.05) is 18.2 Å². The first kappa shape index (κ1) is 14.5. The summed E-state index contributed by atoms with van der Waals surface area (Å²) in [7, 11) is 1.74. The molecule has 2 aromatic rings. The molecule has 1 aliphatic heterocycles. The molecule has 6 heteroatoms. The Labute approximate surface area is 129 Å². The summed E-state index contributed by atoms with van der Waals surface area (Å²) in [6, 6.07) is 9.50. The third-order valence-electron chi connectivity index (χ3n) is 3.63. The van der Waals surface area contributed by atoms with Crippen molar-refractivity contribution in [2.45, 2.75) is 0 Å². The van der Waals surface area contributed by atoms with Crippen LogP contribution in [0.15, 0.2) is 42.7 Å². The molecule has 6 nitrogen and oxygen atoms in total. The maximum absolute atomic E-state index is 12.4. The second kappa shape index (κ2) is 6.53. The zero-order valence-electron chi connectivity index (χ0n) is 12.5. The van der Waals surface area contributed by atoms with Gasteiger partial charge in [-0.15, -0.1) is 0 Å². The molecule has 1 amide bonds. The van der Waals surface area contributed by atoms with E-state index in [0.717, 1.165) is 18.8 Å². The van der Waals surface area contributed by atoms with Gasteiger partial charge in [-0.3, -0.25) is 4.79 Å². The van der Waals surface area contributed by atoms with Crippen LogP contribution in [0.4, 0.5) is 11.6 Å². The predicted molar refractivity (Wildman–Crippen MR) is 84.2 cm³/mol. The van der Waals surface area contributed by atoms with Gasteiger partial charge < -0.3 is 14.5 Å². The largest absolute Gasteiger partial charge is 0.378 e. The molecule has 114 valence electrons. The standard InChI is InChI=1S/C16H18N4O2/c1-19(14-5-3-2-4-6-14)15(21)13-11-17-16(18-12-13)20-7-9-22-10-8-20/h2-6,11-12H,7-10H2,1H3. The minimum atomic E-state index is -0.125. The molecule has 0 unspecified atom stereocenters. The number of aromatic nitrogens is 2. The Morgan fingerprint density at radius 1 is 1.14 bits per heavy atom. The number of hydrogen-bond acceptors (Lipinski definition) is 5. The van der Waals surface area contributed by atoms with Crippen molar-refractivity contribution in [3.63, 3.8) is 0 Å². The first-order chi connectivity index (χ1) is 10.8. The average molecular weight is 298 g/mol. The first-order valence-corrected chi connectivity index (χ1v) is 7.23. The zero-order chi connectivity index (χ0) is 15.4. The number of nitrogens with zero attached hydrogens (tertiary/aromatic N) is 4. The van der Waals surface area contributed by atoms with E-state index in [-0.39, 0.29) is 5.91 Å². The summed E-state index contributed by atoms with van der Waals surface area (Å²) in [5, 5.41) is 0. The summed E-state index contributed by atoms with van der Waals surface area (Å²) in [4.78, 5) is 24.7. The Hall–Kier alpha value is -2.47. The maximum atomic E-state index is 12.4. The molecule has 0 radical (unpaired) electrons. The van der Waals surface area contributed by atoms with Gasteiger partial charge >= 0.3 is 0 Å². The van der Waals surface area contributed by atoms with Crippen LogP contribution in [0.3, 0.4) is 0 Å². The number of para-hydroxylation sites is 1. The van der Waals surface area contributed by atoms with Crippen molar-refractivity contribution in [3.8, 4) is 0 Å². The first-order valence-electron chi connectivity index (χ1n) is 7.23. The van der Waals surface area contributed by atoms with Crippen LogP contribution < -0.4 is 9.80 Å². The van der Waals surface area contributed by atoms with Crippen molar-refractivity contribution >= 4 is 17.5 Å². The number of morpholine rings is 1. The van der Waals surface area contributed by atoms with Crippen LogP contribution in [0.1, 0.15) is 10.4 Å². The molecule has 3 rings (SSSR count). The molecule has 0 N–H and O–H groups in total. The summed E-state index contributed by atoms with van der Waals surface area (Å²) < 4.78 is 5.31. The van der Waals surface area contributed by atoms with Gasteiger partial charge in [-0.25, -0.2) is 9.97 Å². The van der Waals surface area contributed by atoms with Crippen LogP contribution in [-0.4, -0.2) is 49.2 Å². The second-order valence-electron chi connectivity index (χ2n) is 5.07. The van der Waals surface area contributed by atoms with Crippen LogP contribution in [-0.2, 0) is 4.74 Å². The van der Waals surface area contributed by atoms with E-state index >= 15 is 0 Å². The van der Waals surface area contributed by atoms with Crippen molar-refractivity contribution in [2.24, 2.45) is 0 Å². The maximum Gasteiger partial charge on any atom is 0.261 e. The van der Waals surface area contributed by atoms with Gasteiger partial charge in [0.1, 0.15) is 0 Å². The molecule has 1 aromatic carbocycles. The highest BCUT2D eigenvalue weighted by Gasteiger charge is 2.17. The lowest BCUT2D eigenvalue weighted by atomic mass is 10.2. The number of ether oxygens (including phenoxy) is 1. The highest BCUT2D eigenvalue weighted by molar-refractivity contribution is 6.05. The van der Waals surface area contributed by atoms with Gasteiger partial charge in [0.25, 0.3) is 5.91 Å². The lowest BCUT2D eigenvalue weighted by Gasteiger charge is -2.26. The van der Waals surface area contributed by atoms with Crippen molar-refractivity contribution < 1.29 is 9.53 Å². The van der Waals surface area contributed by atoms with Crippen molar-refractivity contribution in [1.29, 1.82) is 0 Å². The summed E-state index contributed by atoms with van der Waals surface area (Å²) in [6.45, 7) is 2.91. The van der Waals surface area contributed by atoms with E-state index in [1.54, 1.807) is 24.3 Å². The van der Waals surface area contributed by atoms with Crippen LogP contribution in [0.2, 0.25) is 0 Å². The van der Waals surface area contributed by atoms with Gasteiger partial charge in [-0.05, 0) is 12.1 Å². The summed E-state index contributed by atoms with van der Waals surface area (Å²) in [5.41, 5.74) is 1.31. The topological polar surface area (TPSA) is 58.6 Å². The molecule has 2 heterocycles. The van der Waals surface area contributed by atoms with E-state index in [0.29, 0.717) is 24.7 Å². The normalized spacial score (nSPS) is 14.7. The van der Waals surface area contributed by atoms with E-state index < -0.39 is 0 Å². The van der Waals surface area contributed by atoms with Gasteiger partial charge in [0.05, 0.1) is 18.8 Å². The monoisotopic (exact) mass is 298 g/mol. The molecule has 0 bridgehead atoms. The van der Waals surface area contributed by atoms with Crippen LogP contribution in [0.5, 0.6) is 0 Å². The minimum absolute atomic E-state index is 0.125. The van der Waals surface area contributed by atoms with E-state index in [9.17, 15) is 4.79 Å². The Bertz CT molecular complexity index is 624. The van der Waals surface area contributed by atoms with Crippen molar-refractivity contribution in [3.05, 3.63) is 48.3 Å². The fraction of sp³-hybridized carbons (Fsp3) is 0.312. The Morgan fingerprint density at radius 2 is 1.77 bits per heavy atom. The SMILES string of the molecule is CN(C(=O)c1cnc(N2CCOCC2)nc1)c1ccccc1. The van der Waals surface area contributed by atoms with Gasteiger partial charge in [-0.2, -0.15) is 0 Å². The van der Waals surface area contributed by atoms with E-state index in [1.165, 1.54) is 0 Å². The Kier molecular flexibility index (Phi) is 4.29. The van der Waals surface area contributed by atoms with Gasteiger partial charge in [0.2, 0.25) is 5.95 Å². The number of hydrogen-bond donors (Lipinski definition) is 0. The molecule has 0 saturated carbocycles. The Balaban J connectivity index is 1.73. The lowest BCUT2D eigenvalue weighted by Crippen LogP contribution is -2.37. The second-order valence-corrected chi connectivity index (χ2v) is 5.07. The third-order valence-corrected chi connectivity index (χ3v) is 3.63. The third kappa shape index (κ3) is 3.07. The molecule has 1 aromatic heterocycles. The molecular formula is C16H18N4O2. The lowest BCUT2D eigenvalue weighted by molar-refractivity contribution is 0.0992. The number of anilines is 2. The zero-order valence-corrected chi connectivity index (χ0v) is 12.5. The summed E-state index contributed by atoms with van der Waals surface area (Å²) in [5.74, 6) is 0.516. The quantitative estimate of drug-likeness (QED) is 0.861. The number of carbonyl (C=O) groups is 1. The summed E-state index contributed by atoms with van der Waals surface area (Å²) in [6.07, 6.45) is 3.17.